The van der Waals surface area contributed by atoms with Gasteiger partial charge in [0.2, 0.25) is 0 Å². The number of ether oxygens (including phenoxy) is 1. The first-order valence-electron chi connectivity index (χ1n) is 6.90. The van der Waals surface area contributed by atoms with Gasteiger partial charge in [-0.05, 0) is 24.5 Å². The van der Waals surface area contributed by atoms with E-state index in [0.29, 0.717) is 35.4 Å². The van der Waals surface area contributed by atoms with Crippen molar-refractivity contribution >= 4 is 23.8 Å². The monoisotopic (exact) mass is 307 g/mol. The number of rotatable bonds is 6. The minimum absolute atomic E-state index is 0.199. The van der Waals surface area contributed by atoms with Gasteiger partial charge < -0.3 is 14.4 Å². The number of amides is 1. The Hall–Kier alpha value is -1.81. The van der Waals surface area contributed by atoms with Gasteiger partial charge in [0.15, 0.2) is 0 Å². The van der Waals surface area contributed by atoms with Crippen molar-refractivity contribution in [3.8, 4) is 5.75 Å². The lowest BCUT2D eigenvalue weighted by Crippen LogP contribution is -2.39. The minimum Gasteiger partial charge on any atom is -0.458 e. The molecule has 1 aromatic carbocycles. The third kappa shape index (κ3) is 3.85. The summed E-state index contributed by atoms with van der Waals surface area (Å²) in [7, 11) is 0. The minimum atomic E-state index is -0.416. The highest BCUT2D eigenvalue weighted by Gasteiger charge is 2.30. The molecule has 4 nitrogen and oxygen atoms in total. The van der Waals surface area contributed by atoms with Crippen molar-refractivity contribution in [1.82, 2.24) is 4.90 Å². The van der Waals surface area contributed by atoms with E-state index in [-0.39, 0.29) is 5.91 Å². The Morgan fingerprint density at radius 1 is 1.38 bits per heavy atom. The fourth-order valence-corrected chi connectivity index (χ4v) is 2.44. The number of hydrogen-bond acceptors (Lipinski definition) is 3. The summed E-state index contributed by atoms with van der Waals surface area (Å²) in [6.07, 6.45) is 2.88. The summed E-state index contributed by atoms with van der Waals surface area (Å²) in [4.78, 5) is 24.8. The van der Waals surface area contributed by atoms with Gasteiger partial charge in [0.05, 0.1) is 17.6 Å². The number of carbonyl (C=O) groups is 2. The van der Waals surface area contributed by atoms with Gasteiger partial charge in [-0.25, -0.2) is 0 Å². The Morgan fingerprint density at radius 3 is 2.71 bits per heavy atom. The molecule has 0 aliphatic carbocycles. The van der Waals surface area contributed by atoms with E-state index in [4.69, 9.17) is 16.3 Å². The highest BCUT2D eigenvalue weighted by Crippen LogP contribution is 2.27. The SMILES string of the molecule is CC(C)CC(C=O)N1CC(Oc2ccccc2Cl)=CC1=O. The van der Waals surface area contributed by atoms with Crippen LogP contribution in [0.4, 0.5) is 0 Å². The van der Waals surface area contributed by atoms with Gasteiger partial charge in [-0.2, -0.15) is 0 Å². The summed E-state index contributed by atoms with van der Waals surface area (Å²) in [6.45, 7) is 4.33. The molecule has 2 rings (SSSR count). The molecule has 112 valence electrons. The zero-order chi connectivity index (χ0) is 15.4. The lowest BCUT2D eigenvalue weighted by molar-refractivity contribution is -0.130. The molecule has 0 spiro atoms. The van der Waals surface area contributed by atoms with Gasteiger partial charge >= 0.3 is 0 Å². The van der Waals surface area contributed by atoms with Crippen LogP contribution in [0, 0.1) is 5.92 Å². The second kappa shape index (κ2) is 6.76. The number of nitrogens with zero attached hydrogens (tertiary/aromatic N) is 1. The van der Waals surface area contributed by atoms with Crippen LogP contribution in [0.15, 0.2) is 36.1 Å². The van der Waals surface area contributed by atoms with E-state index in [2.05, 4.69) is 0 Å². The molecule has 1 amide bonds. The molecule has 0 bridgehead atoms. The van der Waals surface area contributed by atoms with Crippen molar-refractivity contribution in [1.29, 1.82) is 0 Å². The van der Waals surface area contributed by atoms with Crippen molar-refractivity contribution in [2.45, 2.75) is 26.3 Å². The molecule has 5 heteroatoms. The van der Waals surface area contributed by atoms with E-state index in [1.807, 2.05) is 19.9 Å². The Morgan fingerprint density at radius 2 is 2.10 bits per heavy atom. The zero-order valence-corrected chi connectivity index (χ0v) is 12.8. The molecule has 0 radical (unpaired) electrons. The lowest BCUT2D eigenvalue weighted by atomic mass is 10.0. The van der Waals surface area contributed by atoms with Crippen LogP contribution in [0.5, 0.6) is 5.75 Å². The van der Waals surface area contributed by atoms with E-state index >= 15 is 0 Å². The van der Waals surface area contributed by atoms with E-state index in [1.165, 1.54) is 11.0 Å². The highest BCUT2D eigenvalue weighted by atomic mass is 35.5. The van der Waals surface area contributed by atoms with Crippen LogP contribution in [-0.4, -0.2) is 29.7 Å². The molecule has 0 saturated heterocycles. The zero-order valence-electron chi connectivity index (χ0n) is 12.1. The van der Waals surface area contributed by atoms with Crippen molar-refractivity contribution in [3.63, 3.8) is 0 Å². The quantitative estimate of drug-likeness (QED) is 0.759. The second-order valence-electron chi connectivity index (χ2n) is 5.44. The maximum atomic E-state index is 12.0. The normalized spacial score (nSPS) is 16.1. The molecule has 1 aliphatic heterocycles. The van der Waals surface area contributed by atoms with E-state index in [1.54, 1.807) is 18.2 Å². The van der Waals surface area contributed by atoms with E-state index in [9.17, 15) is 9.59 Å². The van der Waals surface area contributed by atoms with E-state index in [0.717, 1.165) is 6.29 Å². The summed E-state index contributed by atoms with van der Waals surface area (Å²) in [5, 5.41) is 0.485. The standard InChI is InChI=1S/C16H18ClNO3/c1-11(2)7-12(10-19)18-9-13(8-16(18)20)21-15-6-4-3-5-14(15)17/h3-6,8,10-12H,7,9H2,1-2H3. The number of carbonyl (C=O) groups excluding carboxylic acids is 2. The number of halogens is 1. The summed E-state index contributed by atoms with van der Waals surface area (Å²) in [5.41, 5.74) is 0. The molecular weight excluding hydrogens is 290 g/mol. The lowest BCUT2D eigenvalue weighted by Gasteiger charge is -2.24. The van der Waals surface area contributed by atoms with Gasteiger partial charge in [-0.15, -0.1) is 0 Å². The van der Waals surface area contributed by atoms with Gasteiger partial charge in [0.1, 0.15) is 17.8 Å². The molecule has 1 heterocycles. The van der Waals surface area contributed by atoms with Gasteiger partial charge in [-0.1, -0.05) is 37.6 Å². The maximum absolute atomic E-state index is 12.0. The Kier molecular flexibility index (Phi) is 5.02. The Bertz CT molecular complexity index is 568. The summed E-state index contributed by atoms with van der Waals surface area (Å²) < 4.78 is 5.66. The first kappa shape index (κ1) is 15.6. The third-order valence-electron chi connectivity index (χ3n) is 3.24. The molecule has 0 aromatic heterocycles. The van der Waals surface area contributed by atoms with Gasteiger partial charge in [-0.3, -0.25) is 4.79 Å². The first-order valence-corrected chi connectivity index (χ1v) is 7.28. The van der Waals surface area contributed by atoms with E-state index < -0.39 is 6.04 Å². The average molecular weight is 308 g/mol. The molecule has 1 unspecified atom stereocenters. The van der Waals surface area contributed by atoms with Crippen LogP contribution in [0.1, 0.15) is 20.3 Å². The fourth-order valence-electron chi connectivity index (χ4n) is 2.26. The highest BCUT2D eigenvalue weighted by molar-refractivity contribution is 6.32. The van der Waals surface area contributed by atoms with Gasteiger partial charge in [0, 0.05) is 6.08 Å². The van der Waals surface area contributed by atoms with Crippen LogP contribution < -0.4 is 4.74 Å². The largest absolute Gasteiger partial charge is 0.458 e. The summed E-state index contributed by atoms with van der Waals surface area (Å²) in [5.74, 6) is 1.15. The van der Waals surface area contributed by atoms with Crippen LogP contribution in [0.25, 0.3) is 0 Å². The molecule has 1 aliphatic rings. The number of para-hydroxylation sites is 1. The Balaban J connectivity index is 2.06. The Labute approximate surface area is 129 Å². The molecule has 1 aromatic rings. The molecule has 21 heavy (non-hydrogen) atoms. The van der Waals surface area contributed by atoms with Crippen LogP contribution in [0.3, 0.4) is 0 Å². The van der Waals surface area contributed by atoms with Crippen LogP contribution in [-0.2, 0) is 9.59 Å². The maximum Gasteiger partial charge on any atom is 0.251 e. The van der Waals surface area contributed by atoms with Crippen molar-refractivity contribution in [2.75, 3.05) is 6.54 Å². The fraction of sp³-hybridized carbons (Fsp3) is 0.375. The molecule has 0 saturated carbocycles. The topological polar surface area (TPSA) is 46.6 Å². The van der Waals surface area contributed by atoms with Crippen molar-refractivity contribution in [3.05, 3.63) is 41.1 Å². The first-order chi connectivity index (χ1) is 10.0. The van der Waals surface area contributed by atoms with Crippen molar-refractivity contribution < 1.29 is 14.3 Å². The predicted octanol–water partition coefficient (Wildman–Crippen LogP) is 3.06. The predicted molar refractivity (Wildman–Crippen MR) is 81.2 cm³/mol. The number of aldehydes is 1. The molecule has 1 atom stereocenters. The molecule has 0 N–H and O–H groups in total. The average Bonchev–Trinajstić information content (AvgIpc) is 2.79. The number of benzene rings is 1. The summed E-state index contributed by atoms with van der Waals surface area (Å²) in [6, 6.07) is 6.66. The third-order valence-corrected chi connectivity index (χ3v) is 3.55. The molecule has 0 fully saturated rings. The number of hydrogen-bond donors (Lipinski definition) is 0. The van der Waals surface area contributed by atoms with Crippen molar-refractivity contribution in [2.24, 2.45) is 5.92 Å². The van der Waals surface area contributed by atoms with Crippen LogP contribution >= 0.6 is 11.6 Å². The van der Waals surface area contributed by atoms with Crippen LogP contribution in [0.2, 0.25) is 5.02 Å². The smallest absolute Gasteiger partial charge is 0.251 e. The van der Waals surface area contributed by atoms with Gasteiger partial charge in [0.25, 0.3) is 5.91 Å². The molecular formula is C16H18ClNO3. The second-order valence-corrected chi connectivity index (χ2v) is 5.85. The summed E-state index contributed by atoms with van der Waals surface area (Å²) >= 11 is 6.03.